The zero-order valence-electron chi connectivity index (χ0n) is 13.7. The van der Waals surface area contributed by atoms with Gasteiger partial charge in [0, 0.05) is 24.7 Å². The van der Waals surface area contributed by atoms with Gasteiger partial charge in [-0.25, -0.2) is 0 Å². The third-order valence-corrected chi connectivity index (χ3v) is 4.90. The molecule has 20 heavy (non-hydrogen) atoms. The molecular formula is C17H34N2O. The summed E-state index contributed by atoms with van der Waals surface area (Å²) < 4.78 is 0. The molecule has 2 rings (SSSR count). The van der Waals surface area contributed by atoms with E-state index in [2.05, 4.69) is 31.0 Å². The van der Waals surface area contributed by atoms with Crippen LogP contribution in [0, 0.1) is 0 Å². The fraction of sp³-hybridized carbons (Fsp3) is 1.00. The number of β-amino-alcohol motifs (C(OH)–C–C–N with tert-alkyl or cyclic N) is 1. The number of nitrogens with zero attached hydrogens (tertiary/aromatic N) is 1. The Labute approximate surface area is 125 Å². The minimum Gasteiger partial charge on any atom is -0.389 e. The van der Waals surface area contributed by atoms with Gasteiger partial charge in [-0.05, 0) is 53.0 Å². The van der Waals surface area contributed by atoms with Crippen LogP contribution in [0.15, 0.2) is 0 Å². The van der Waals surface area contributed by atoms with E-state index in [9.17, 15) is 5.11 Å². The lowest BCUT2D eigenvalue weighted by molar-refractivity contribution is -0.0422. The van der Waals surface area contributed by atoms with Crippen LogP contribution in [-0.4, -0.2) is 46.8 Å². The number of hydrogen-bond donors (Lipinski definition) is 2. The maximum atomic E-state index is 10.8. The van der Waals surface area contributed by atoms with Crippen LogP contribution in [0.2, 0.25) is 0 Å². The van der Waals surface area contributed by atoms with E-state index in [1.807, 2.05) is 0 Å². The maximum absolute atomic E-state index is 10.8. The van der Waals surface area contributed by atoms with Crippen LogP contribution >= 0.6 is 0 Å². The lowest BCUT2D eigenvalue weighted by Crippen LogP contribution is -2.54. The number of piperidine rings is 1. The van der Waals surface area contributed by atoms with Crippen LogP contribution in [-0.2, 0) is 0 Å². The highest BCUT2D eigenvalue weighted by molar-refractivity contribution is 4.90. The minimum absolute atomic E-state index is 0.185. The summed E-state index contributed by atoms with van der Waals surface area (Å²) in [5.41, 5.74) is -0.222. The average molecular weight is 282 g/mol. The summed E-state index contributed by atoms with van der Waals surface area (Å²) in [5, 5.41) is 14.5. The van der Waals surface area contributed by atoms with Crippen molar-refractivity contribution in [3.63, 3.8) is 0 Å². The number of nitrogens with one attached hydrogen (secondary N) is 1. The second-order valence-corrected chi connectivity index (χ2v) is 8.04. The minimum atomic E-state index is -0.407. The van der Waals surface area contributed by atoms with Crippen molar-refractivity contribution in [2.75, 3.05) is 19.6 Å². The van der Waals surface area contributed by atoms with Gasteiger partial charge in [-0.2, -0.15) is 0 Å². The molecule has 2 fully saturated rings. The Kier molecular flexibility index (Phi) is 5.49. The molecule has 1 heterocycles. The molecule has 0 aromatic carbocycles. The molecule has 0 aromatic rings. The number of aliphatic hydroxyl groups is 1. The predicted molar refractivity (Wildman–Crippen MR) is 85.0 cm³/mol. The zero-order valence-corrected chi connectivity index (χ0v) is 13.7. The zero-order chi connectivity index (χ0) is 14.6. The first-order valence-corrected chi connectivity index (χ1v) is 8.59. The van der Waals surface area contributed by atoms with Crippen molar-refractivity contribution >= 4 is 0 Å². The van der Waals surface area contributed by atoms with Crippen molar-refractivity contribution in [1.29, 1.82) is 0 Å². The maximum Gasteiger partial charge on any atom is 0.0774 e. The predicted octanol–water partition coefficient (Wildman–Crippen LogP) is 2.92. The van der Waals surface area contributed by atoms with Crippen LogP contribution in [0.5, 0.6) is 0 Å². The van der Waals surface area contributed by atoms with Gasteiger partial charge in [-0.1, -0.05) is 25.7 Å². The van der Waals surface area contributed by atoms with Gasteiger partial charge in [0.2, 0.25) is 0 Å². The molecule has 2 aliphatic rings. The standard InChI is InChI=1S/C17H34N2O/c1-16(2,3)18-13-15-9-5-8-12-19(15)14-17(20)10-6-4-7-11-17/h15,18,20H,4-14H2,1-3H3. The summed E-state index contributed by atoms with van der Waals surface area (Å²) in [5.74, 6) is 0. The second-order valence-electron chi connectivity index (χ2n) is 8.04. The molecule has 0 aromatic heterocycles. The molecule has 0 spiro atoms. The van der Waals surface area contributed by atoms with Crippen LogP contribution in [0.4, 0.5) is 0 Å². The Morgan fingerprint density at radius 1 is 1.10 bits per heavy atom. The molecule has 0 radical (unpaired) electrons. The van der Waals surface area contributed by atoms with Gasteiger partial charge in [-0.3, -0.25) is 4.90 Å². The number of rotatable bonds is 4. The third-order valence-electron chi connectivity index (χ3n) is 4.90. The Balaban J connectivity index is 1.89. The van der Waals surface area contributed by atoms with E-state index < -0.39 is 5.60 Å². The number of likely N-dealkylation sites (tertiary alicyclic amines) is 1. The van der Waals surface area contributed by atoms with Crippen molar-refractivity contribution in [3.8, 4) is 0 Å². The first-order valence-electron chi connectivity index (χ1n) is 8.59. The Morgan fingerprint density at radius 2 is 1.80 bits per heavy atom. The molecule has 2 N–H and O–H groups in total. The summed E-state index contributed by atoms with van der Waals surface area (Å²) in [6.07, 6.45) is 9.63. The highest BCUT2D eigenvalue weighted by atomic mass is 16.3. The van der Waals surface area contributed by atoms with Crippen molar-refractivity contribution < 1.29 is 5.11 Å². The molecule has 1 saturated heterocycles. The van der Waals surface area contributed by atoms with Crippen LogP contribution < -0.4 is 5.32 Å². The average Bonchev–Trinajstić information content (AvgIpc) is 2.37. The monoisotopic (exact) mass is 282 g/mol. The quantitative estimate of drug-likeness (QED) is 0.832. The first kappa shape index (κ1) is 16.3. The molecule has 0 bridgehead atoms. The summed E-state index contributed by atoms with van der Waals surface area (Å²) in [6, 6.07) is 0.605. The normalized spacial score (nSPS) is 28.5. The van der Waals surface area contributed by atoms with E-state index in [4.69, 9.17) is 0 Å². The Morgan fingerprint density at radius 3 is 2.45 bits per heavy atom. The van der Waals surface area contributed by atoms with E-state index >= 15 is 0 Å². The van der Waals surface area contributed by atoms with E-state index in [0.717, 1.165) is 25.9 Å². The fourth-order valence-electron chi connectivity index (χ4n) is 3.67. The molecule has 3 heteroatoms. The molecule has 118 valence electrons. The SMILES string of the molecule is CC(C)(C)NCC1CCCCN1CC1(O)CCCCC1. The van der Waals surface area contributed by atoms with Gasteiger partial charge in [0.15, 0.2) is 0 Å². The molecule has 1 saturated carbocycles. The van der Waals surface area contributed by atoms with Gasteiger partial charge in [0.25, 0.3) is 0 Å². The number of hydrogen-bond acceptors (Lipinski definition) is 3. The largest absolute Gasteiger partial charge is 0.389 e. The van der Waals surface area contributed by atoms with E-state index in [1.165, 1.54) is 45.1 Å². The molecule has 3 nitrogen and oxygen atoms in total. The van der Waals surface area contributed by atoms with Gasteiger partial charge in [0.1, 0.15) is 0 Å². The van der Waals surface area contributed by atoms with Crippen molar-refractivity contribution in [2.24, 2.45) is 0 Å². The fourth-order valence-corrected chi connectivity index (χ4v) is 3.67. The molecule has 1 atom stereocenters. The van der Waals surface area contributed by atoms with Gasteiger partial charge < -0.3 is 10.4 Å². The van der Waals surface area contributed by atoms with Crippen LogP contribution in [0.1, 0.15) is 72.1 Å². The molecule has 1 aliphatic heterocycles. The third kappa shape index (κ3) is 5.01. The van der Waals surface area contributed by atoms with Crippen molar-refractivity contribution in [2.45, 2.75) is 89.3 Å². The lowest BCUT2D eigenvalue weighted by Gasteiger charge is -2.43. The summed E-state index contributed by atoms with van der Waals surface area (Å²) in [4.78, 5) is 2.56. The summed E-state index contributed by atoms with van der Waals surface area (Å²) in [7, 11) is 0. The van der Waals surface area contributed by atoms with Crippen LogP contribution in [0.25, 0.3) is 0 Å². The second kappa shape index (κ2) is 6.76. The summed E-state index contributed by atoms with van der Waals surface area (Å²) in [6.45, 7) is 9.81. The van der Waals surface area contributed by atoms with Crippen molar-refractivity contribution in [1.82, 2.24) is 10.2 Å². The smallest absolute Gasteiger partial charge is 0.0774 e. The molecular weight excluding hydrogens is 248 g/mol. The van der Waals surface area contributed by atoms with Gasteiger partial charge in [0.05, 0.1) is 5.60 Å². The Hall–Kier alpha value is -0.120. The highest BCUT2D eigenvalue weighted by Crippen LogP contribution is 2.30. The lowest BCUT2D eigenvalue weighted by atomic mass is 9.83. The summed E-state index contributed by atoms with van der Waals surface area (Å²) >= 11 is 0. The highest BCUT2D eigenvalue weighted by Gasteiger charge is 2.34. The topological polar surface area (TPSA) is 35.5 Å². The van der Waals surface area contributed by atoms with Gasteiger partial charge in [-0.15, -0.1) is 0 Å². The van der Waals surface area contributed by atoms with E-state index in [0.29, 0.717) is 6.04 Å². The van der Waals surface area contributed by atoms with E-state index in [1.54, 1.807) is 0 Å². The van der Waals surface area contributed by atoms with Crippen molar-refractivity contribution in [3.05, 3.63) is 0 Å². The molecule has 0 amide bonds. The van der Waals surface area contributed by atoms with Gasteiger partial charge >= 0.3 is 0 Å². The first-order chi connectivity index (χ1) is 9.38. The molecule has 1 unspecified atom stereocenters. The Bertz CT molecular complexity index is 292. The molecule has 1 aliphatic carbocycles. The van der Waals surface area contributed by atoms with E-state index in [-0.39, 0.29) is 5.54 Å². The van der Waals surface area contributed by atoms with Crippen LogP contribution in [0.3, 0.4) is 0 Å².